The Hall–Kier alpha value is -3.13. The van der Waals surface area contributed by atoms with Gasteiger partial charge in [-0.2, -0.15) is 5.10 Å². The lowest BCUT2D eigenvalue weighted by molar-refractivity contribution is 0.0939. The molecule has 1 amide bonds. The molecule has 3 aromatic rings. The van der Waals surface area contributed by atoms with Crippen LogP contribution < -0.4 is 20.5 Å². The summed E-state index contributed by atoms with van der Waals surface area (Å²) in [5.74, 6) is -0.891. The Balaban J connectivity index is 1.94. The van der Waals surface area contributed by atoms with Gasteiger partial charge in [0, 0.05) is 5.39 Å². The molecule has 32 heavy (non-hydrogen) atoms. The molecule has 0 saturated heterocycles. The lowest BCUT2D eigenvalue weighted by Crippen LogP contribution is -2.42. The summed E-state index contributed by atoms with van der Waals surface area (Å²) in [6, 6.07) is 10.6. The minimum Gasteiger partial charge on any atom is -0.272 e. The molecule has 0 aliphatic carbocycles. The van der Waals surface area contributed by atoms with E-state index in [0.717, 1.165) is 10.7 Å². The Morgan fingerprint density at radius 1 is 0.938 bits per heavy atom. The van der Waals surface area contributed by atoms with E-state index >= 15 is 0 Å². The fraction of sp³-hybridized carbons (Fsp3) is 0.211. The quantitative estimate of drug-likeness (QED) is 0.417. The zero-order chi connectivity index (χ0) is 23.7. The second-order valence-electron chi connectivity index (χ2n) is 6.98. The standard InChI is InChI=1S/C19H21N5O6S2/c1-12(2)24-19(26)16-10-5-4-9-15(16)17(22-24)18(25)21-23-32(29,30)14-8-6-7-13(11-14)31(27,28)20-3/h4-12,20,23H,1-3H3,(H,21,25). The van der Waals surface area contributed by atoms with Crippen LogP contribution in [0, 0.1) is 0 Å². The average molecular weight is 480 g/mol. The average Bonchev–Trinajstić information content (AvgIpc) is 2.78. The highest BCUT2D eigenvalue weighted by Crippen LogP contribution is 2.16. The molecule has 0 aliphatic heterocycles. The van der Waals surface area contributed by atoms with Crippen LogP contribution in [0.15, 0.2) is 63.1 Å². The van der Waals surface area contributed by atoms with Crippen molar-refractivity contribution in [2.45, 2.75) is 29.7 Å². The number of rotatable bonds is 7. The molecule has 0 radical (unpaired) electrons. The van der Waals surface area contributed by atoms with E-state index in [2.05, 4.69) is 15.2 Å². The van der Waals surface area contributed by atoms with E-state index in [-0.39, 0.29) is 37.9 Å². The van der Waals surface area contributed by atoms with Crippen LogP contribution in [0.25, 0.3) is 10.8 Å². The first kappa shape index (κ1) is 23.5. The largest absolute Gasteiger partial charge is 0.287 e. The Bertz CT molecular complexity index is 1460. The summed E-state index contributed by atoms with van der Waals surface area (Å²) in [6.07, 6.45) is 0. The number of carbonyl (C=O) groups is 1. The van der Waals surface area contributed by atoms with E-state index in [0.29, 0.717) is 0 Å². The van der Waals surface area contributed by atoms with Crippen LogP contribution >= 0.6 is 0 Å². The molecule has 0 unspecified atom stereocenters. The second-order valence-corrected chi connectivity index (χ2v) is 10.5. The number of amides is 1. The Kier molecular flexibility index (Phi) is 6.46. The van der Waals surface area contributed by atoms with Crippen LogP contribution in [0.2, 0.25) is 0 Å². The molecule has 0 atom stereocenters. The number of aromatic nitrogens is 2. The summed E-state index contributed by atoms with van der Waals surface area (Å²) in [7, 11) is -6.98. The minimum atomic E-state index is -4.31. The van der Waals surface area contributed by atoms with Crippen LogP contribution in [-0.4, -0.2) is 39.6 Å². The van der Waals surface area contributed by atoms with Crippen LogP contribution in [0.1, 0.15) is 30.4 Å². The fourth-order valence-corrected chi connectivity index (χ4v) is 4.62. The monoisotopic (exact) mass is 479 g/mol. The lowest BCUT2D eigenvalue weighted by Gasteiger charge is -2.14. The van der Waals surface area contributed by atoms with Crippen molar-refractivity contribution in [2.75, 3.05) is 7.05 Å². The number of nitrogens with one attached hydrogen (secondary N) is 3. The highest BCUT2D eigenvalue weighted by Gasteiger charge is 2.22. The van der Waals surface area contributed by atoms with E-state index in [1.807, 2.05) is 4.83 Å². The van der Waals surface area contributed by atoms with Gasteiger partial charge >= 0.3 is 0 Å². The Morgan fingerprint density at radius 2 is 1.53 bits per heavy atom. The fourth-order valence-electron chi connectivity index (χ4n) is 2.88. The van der Waals surface area contributed by atoms with Gasteiger partial charge in [-0.15, -0.1) is 4.83 Å². The predicted molar refractivity (Wildman–Crippen MR) is 117 cm³/mol. The smallest absolute Gasteiger partial charge is 0.272 e. The molecule has 13 heteroatoms. The third-order valence-corrected chi connectivity index (χ3v) is 7.18. The molecule has 2 aromatic carbocycles. The second kappa shape index (κ2) is 8.78. The summed E-state index contributed by atoms with van der Waals surface area (Å²) in [5, 5.41) is 4.62. The highest BCUT2D eigenvalue weighted by atomic mass is 32.2. The van der Waals surface area contributed by atoms with Gasteiger partial charge in [-0.25, -0.2) is 26.2 Å². The zero-order valence-electron chi connectivity index (χ0n) is 17.4. The summed E-state index contributed by atoms with van der Waals surface area (Å²) in [6.45, 7) is 3.44. The van der Waals surface area contributed by atoms with Gasteiger partial charge in [-0.05, 0) is 45.2 Å². The first-order valence-electron chi connectivity index (χ1n) is 9.35. The molecule has 11 nitrogen and oxygen atoms in total. The van der Waals surface area contributed by atoms with E-state index < -0.39 is 26.0 Å². The van der Waals surface area contributed by atoms with Crippen molar-refractivity contribution in [2.24, 2.45) is 0 Å². The first-order chi connectivity index (χ1) is 15.0. The first-order valence-corrected chi connectivity index (χ1v) is 12.3. The van der Waals surface area contributed by atoms with Crippen molar-refractivity contribution in [3.63, 3.8) is 0 Å². The van der Waals surface area contributed by atoms with Gasteiger partial charge in [0.1, 0.15) is 0 Å². The molecule has 170 valence electrons. The number of hydrogen-bond donors (Lipinski definition) is 3. The number of hydrogen-bond acceptors (Lipinski definition) is 7. The normalized spacial score (nSPS) is 12.2. The molecular weight excluding hydrogens is 458 g/mol. The van der Waals surface area contributed by atoms with Gasteiger partial charge in [0.2, 0.25) is 10.0 Å². The van der Waals surface area contributed by atoms with Gasteiger partial charge in [-0.3, -0.25) is 15.0 Å². The highest BCUT2D eigenvalue weighted by molar-refractivity contribution is 7.90. The maximum absolute atomic E-state index is 12.8. The van der Waals surface area contributed by atoms with Crippen molar-refractivity contribution in [3.05, 3.63) is 64.6 Å². The zero-order valence-corrected chi connectivity index (χ0v) is 19.0. The van der Waals surface area contributed by atoms with Gasteiger partial charge in [0.15, 0.2) is 5.69 Å². The molecule has 0 aliphatic rings. The van der Waals surface area contributed by atoms with Gasteiger partial charge < -0.3 is 0 Å². The molecule has 0 spiro atoms. The number of carbonyl (C=O) groups excluding carboxylic acids is 1. The third kappa shape index (κ3) is 4.55. The van der Waals surface area contributed by atoms with E-state index in [9.17, 15) is 26.4 Å². The van der Waals surface area contributed by atoms with Crippen molar-refractivity contribution in [3.8, 4) is 0 Å². The van der Waals surface area contributed by atoms with Crippen LogP contribution in [0.4, 0.5) is 0 Å². The predicted octanol–water partition coefficient (Wildman–Crippen LogP) is 0.509. The number of fused-ring (bicyclic) bond motifs is 1. The molecule has 0 fully saturated rings. The molecule has 3 N–H and O–H groups in total. The molecule has 1 heterocycles. The van der Waals surface area contributed by atoms with Crippen LogP contribution in [0.5, 0.6) is 0 Å². The number of nitrogens with zero attached hydrogens (tertiary/aromatic N) is 2. The molecule has 0 bridgehead atoms. The number of sulfonamides is 2. The van der Waals surface area contributed by atoms with E-state index in [1.165, 1.54) is 31.3 Å². The van der Waals surface area contributed by atoms with E-state index in [1.54, 1.807) is 32.0 Å². The van der Waals surface area contributed by atoms with E-state index in [4.69, 9.17) is 0 Å². The SMILES string of the molecule is CNS(=O)(=O)c1cccc(S(=O)(=O)NNC(=O)c2nn(C(C)C)c(=O)c3ccccc23)c1. The molecule has 1 aromatic heterocycles. The lowest BCUT2D eigenvalue weighted by atomic mass is 10.1. The van der Waals surface area contributed by atoms with Gasteiger partial charge in [-0.1, -0.05) is 24.3 Å². The van der Waals surface area contributed by atoms with Crippen LogP contribution in [0.3, 0.4) is 0 Å². The van der Waals surface area contributed by atoms with Crippen LogP contribution in [-0.2, 0) is 20.0 Å². The van der Waals surface area contributed by atoms with Crippen molar-refractivity contribution >= 4 is 36.7 Å². The van der Waals surface area contributed by atoms with Crippen molar-refractivity contribution < 1.29 is 21.6 Å². The Morgan fingerprint density at radius 3 is 2.12 bits per heavy atom. The summed E-state index contributed by atoms with van der Waals surface area (Å²) < 4.78 is 52.3. The van der Waals surface area contributed by atoms with Gasteiger partial charge in [0.25, 0.3) is 21.5 Å². The van der Waals surface area contributed by atoms with Gasteiger partial charge in [0.05, 0.1) is 21.2 Å². The number of benzene rings is 2. The minimum absolute atomic E-state index is 0.150. The Labute approximate surface area is 184 Å². The summed E-state index contributed by atoms with van der Waals surface area (Å²) in [4.78, 5) is 26.7. The summed E-state index contributed by atoms with van der Waals surface area (Å²) >= 11 is 0. The molecule has 3 rings (SSSR count). The maximum Gasteiger partial charge on any atom is 0.287 e. The number of hydrazine groups is 1. The molecule has 0 saturated carbocycles. The third-order valence-electron chi connectivity index (χ3n) is 4.53. The van der Waals surface area contributed by atoms with Crippen molar-refractivity contribution in [1.29, 1.82) is 0 Å². The summed E-state index contributed by atoms with van der Waals surface area (Å²) in [5.41, 5.74) is 1.54. The topological polar surface area (TPSA) is 156 Å². The molecular formula is C19H21N5O6S2. The van der Waals surface area contributed by atoms with Crippen molar-refractivity contribution in [1.82, 2.24) is 24.8 Å². The maximum atomic E-state index is 12.8.